The van der Waals surface area contributed by atoms with Crippen LogP contribution in [0.4, 0.5) is 25.0 Å². The number of carbonyl (C=O) groups is 7. The van der Waals surface area contributed by atoms with Gasteiger partial charge in [-0.1, -0.05) is 186 Å². The van der Waals surface area contributed by atoms with Crippen molar-refractivity contribution in [1.29, 1.82) is 0 Å². The molecule has 5 aromatic carbocycles. The highest BCUT2D eigenvalue weighted by Gasteiger charge is 2.37. The number of rotatable bonds is 18. The second-order valence-electron chi connectivity index (χ2n) is 31.7. The van der Waals surface area contributed by atoms with Crippen molar-refractivity contribution < 1.29 is 57.6 Å². The number of hydrogen-bond donors (Lipinski definition) is 3. The van der Waals surface area contributed by atoms with Gasteiger partial charge in [0.15, 0.2) is 21.3 Å². The zero-order valence-electron chi connectivity index (χ0n) is 73.3. The first-order valence-corrected chi connectivity index (χ1v) is 45.2. The number of Topliss-reactive ketones (excluding diaryl/α,β-unsaturated/α-hetero) is 1. The summed E-state index contributed by atoms with van der Waals surface area (Å²) >= 11 is 27.3. The molecule has 0 spiro atoms. The molecule has 5 aliphatic rings. The van der Waals surface area contributed by atoms with Crippen molar-refractivity contribution in [2.75, 3.05) is 71.2 Å². The molecule has 18 rings (SSSR count). The molecule has 32 nitrogen and oxygen atoms in total. The number of nitrogens with two attached hydrogens (primary N) is 2. The maximum atomic E-state index is 12.4. The van der Waals surface area contributed by atoms with Crippen molar-refractivity contribution >= 4 is 139 Å². The number of ketones is 1. The van der Waals surface area contributed by atoms with Gasteiger partial charge in [0.1, 0.15) is 81.7 Å². The van der Waals surface area contributed by atoms with Gasteiger partial charge in [-0.2, -0.15) is 0 Å². The Balaban J connectivity index is 0.000000148. The number of anilines is 1. The SMILES string of the molecule is C=CC(=O)N1CC[C@H](c2nc(C#Cc3cc(C)cc(C)c3)c3c(N)nccn23)C1.Cl.NCc1nccnc1Cl.O=C(CCc1nccnc1Cl)[C@H]1CCN(C(=O)OCc2ccccc2)C1.O=C(O)[C@H]1CCN(C(=O)OCc2ccccc2)C1.O=C(OCc1ccccc1)N1CC[C@H](c2nc(Br)c3c(Cl)nccn23)C1.O=C(OCc1ccccc1)N1CC[C@H](c2ncc3c(Cl)nccn23)C1. The van der Waals surface area contributed by atoms with Crippen LogP contribution in [0.2, 0.25) is 20.6 Å². The molecule has 5 fully saturated rings. The van der Waals surface area contributed by atoms with Crippen LogP contribution in [0.1, 0.15) is 130 Å². The molecule has 13 aromatic rings. The Labute approximate surface area is 807 Å². The van der Waals surface area contributed by atoms with Gasteiger partial charge in [-0.25, -0.2) is 59.0 Å². The summed E-state index contributed by atoms with van der Waals surface area (Å²) in [4.78, 5) is 134. The highest BCUT2D eigenvalue weighted by atomic mass is 79.9. The Morgan fingerprint density at radius 1 is 0.478 bits per heavy atom. The van der Waals surface area contributed by atoms with E-state index in [1.807, 2.05) is 153 Å². The fourth-order valence-electron chi connectivity index (χ4n) is 15.7. The molecule has 0 radical (unpaired) electrons. The number of aromatic nitrogens is 13. The molecule has 38 heteroatoms. The molecule has 5 saturated heterocycles. The number of carboxylic acids is 1. The van der Waals surface area contributed by atoms with Crippen LogP contribution in [0.25, 0.3) is 16.6 Å². The number of amides is 5. The second-order valence-corrected chi connectivity index (χ2v) is 33.9. The highest BCUT2D eigenvalue weighted by molar-refractivity contribution is 9.10. The zero-order valence-corrected chi connectivity index (χ0v) is 78.7. The average Bonchev–Trinajstić information content (AvgIpc) is 1.62. The van der Waals surface area contributed by atoms with Crippen LogP contribution < -0.4 is 11.5 Å². The van der Waals surface area contributed by atoms with Gasteiger partial charge in [-0.3, -0.25) is 37.6 Å². The van der Waals surface area contributed by atoms with E-state index in [2.05, 4.69) is 111 Å². The van der Waals surface area contributed by atoms with E-state index < -0.39 is 18.0 Å². The van der Waals surface area contributed by atoms with Crippen LogP contribution in [-0.4, -0.2) is 200 Å². The van der Waals surface area contributed by atoms with E-state index in [9.17, 15) is 33.6 Å². The Morgan fingerprint density at radius 3 is 1.37 bits per heavy atom. The second kappa shape index (κ2) is 49.0. The van der Waals surface area contributed by atoms with Gasteiger partial charge in [0, 0.05) is 170 Å². The highest BCUT2D eigenvalue weighted by Crippen LogP contribution is 2.35. The molecular weight excluding hydrogens is 1880 g/mol. The van der Waals surface area contributed by atoms with Gasteiger partial charge >= 0.3 is 30.3 Å². The fraction of sp³-hybridized carbons (Fsp3) is 0.302. The standard InChI is InChI=1S/C23H23N5O.C19H20ClN3O3.C18H16BrClN4O2.C18H17ClN4O2.C13H15NO4.C5H6ClN3.ClH/c1-4-20(29)27-9-7-18(14-27)23-26-19(21-22(24)25-8-10-28(21)23)6-5-17-12-15(2)11-16(3)13-17;20-18-16(21-9-10-22-18)6-7-17(24)15-8-11-23(12-15)19(25)26-13-14-4-2-1-3-5-14;19-15-14-16(20)21-7-9-24(14)17(22-15)13-6-8-23(10-13)18(25)26-11-12-4-2-1-3-5-12;19-16-15-10-21-17(23(15)9-7-20-16)14-6-8-22(11-14)18(24)25-12-13-4-2-1-3-5-13;15-12(16)11-6-7-14(8-11)13(17)18-9-10-4-2-1-3-5-10;6-5-4(3-7)8-1-2-9-5;/h4,8,10-13,18H,1,7,9,14H2,2-3H3,(H2,24,25);1-5,9-10,15H,6-8,11-13H2;1-5,7,9,13H,6,8,10-11H2;1-5,7,9-10,14H,6,8,11-12H2;1-5,11H,6-9H2,(H,15,16);1-2H,3,7H2;1H/t18-;15-;13-;14-;11-;;/m00000../s1. The number of ether oxygens (including phenoxy) is 4. The molecule has 0 aliphatic carbocycles. The van der Waals surface area contributed by atoms with Crippen LogP contribution in [0.15, 0.2) is 225 Å². The third-order valence-corrected chi connectivity index (χ3v) is 24.3. The van der Waals surface area contributed by atoms with Gasteiger partial charge in [0.25, 0.3) is 0 Å². The number of nitrogen functional groups attached to an aromatic ring is 1. The minimum atomic E-state index is -0.853. The first-order valence-electron chi connectivity index (χ1n) is 42.9. The Kier molecular flexibility index (Phi) is 36.5. The first kappa shape index (κ1) is 99.8. The number of aliphatic carboxylic acids is 1. The maximum Gasteiger partial charge on any atom is 0.410 e. The summed E-state index contributed by atoms with van der Waals surface area (Å²) in [6, 6.07) is 44.5. The number of fused-ring (bicyclic) bond motifs is 3. The predicted octanol–water partition coefficient (Wildman–Crippen LogP) is 16.6. The lowest BCUT2D eigenvalue weighted by molar-refractivity contribution is -0.141. The quantitative estimate of drug-likeness (QED) is 0.0408. The van der Waals surface area contributed by atoms with Crippen molar-refractivity contribution in [2.45, 2.75) is 110 Å². The third kappa shape index (κ3) is 27.1. The van der Waals surface area contributed by atoms with Gasteiger partial charge in [-0.15, -0.1) is 12.4 Å². The number of nitrogens with zero attached hydrogens (tertiary/aromatic N) is 18. The minimum absolute atomic E-state index is 0. The smallest absolute Gasteiger partial charge is 0.410 e. The number of carbonyl (C=O) groups excluding carboxylic acids is 6. The largest absolute Gasteiger partial charge is 0.481 e. The lowest BCUT2D eigenvalue weighted by Crippen LogP contribution is -2.30. The molecule has 0 bridgehead atoms. The maximum absolute atomic E-state index is 12.4. The van der Waals surface area contributed by atoms with Gasteiger partial charge in [0.05, 0.1) is 23.5 Å². The molecule has 8 aromatic heterocycles. The molecule has 0 unspecified atom stereocenters. The van der Waals surface area contributed by atoms with Crippen LogP contribution in [0.5, 0.6) is 0 Å². The van der Waals surface area contributed by atoms with Gasteiger partial charge in [-0.05, 0) is 126 Å². The number of carboxylic acid groups (broad SMARTS) is 1. The van der Waals surface area contributed by atoms with Crippen molar-refractivity contribution in [1.82, 2.24) is 87.5 Å². The van der Waals surface area contributed by atoms with Gasteiger partial charge < -0.3 is 60.0 Å². The summed E-state index contributed by atoms with van der Waals surface area (Å²) in [6.45, 7) is 14.4. The van der Waals surface area contributed by atoms with Crippen molar-refractivity contribution in [3.8, 4) is 11.8 Å². The van der Waals surface area contributed by atoms with E-state index in [-0.39, 0.29) is 99.0 Å². The Hall–Kier alpha value is -13.2. The van der Waals surface area contributed by atoms with E-state index in [0.717, 1.165) is 75.6 Å². The molecule has 696 valence electrons. The number of likely N-dealkylation sites (tertiary alicyclic amines) is 5. The van der Waals surface area contributed by atoms with Crippen LogP contribution in [0, 0.1) is 37.5 Å². The van der Waals surface area contributed by atoms with Crippen LogP contribution in [0.3, 0.4) is 0 Å². The summed E-state index contributed by atoms with van der Waals surface area (Å²) in [5.74, 6) is 8.42. The van der Waals surface area contributed by atoms with E-state index in [4.69, 9.17) is 86.9 Å². The summed E-state index contributed by atoms with van der Waals surface area (Å²) in [7, 11) is 0. The van der Waals surface area contributed by atoms with E-state index in [0.29, 0.717) is 145 Å². The van der Waals surface area contributed by atoms with E-state index >= 15 is 0 Å². The number of benzene rings is 5. The summed E-state index contributed by atoms with van der Waals surface area (Å²) in [6.07, 6.45) is 22.8. The minimum Gasteiger partial charge on any atom is -0.481 e. The molecule has 13 heterocycles. The number of hydrogen-bond acceptors (Lipinski definition) is 23. The lowest BCUT2D eigenvalue weighted by atomic mass is 9.99. The van der Waals surface area contributed by atoms with Crippen molar-refractivity contribution in [3.05, 3.63) is 319 Å². The molecule has 5 atom stereocenters. The molecule has 5 aliphatic heterocycles. The summed E-state index contributed by atoms with van der Waals surface area (Å²) < 4.78 is 27.8. The molecule has 5 amide bonds. The number of aryl methyl sites for hydroxylation is 3. The molecule has 134 heavy (non-hydrogen) atoms. The lowest BCUT2D eigenvalue weighted by Gasteiger charge is -2.16. The average molecular weight is 1980 g/mol. The third-order valence-electron chi connectivity index (χ3n) is 22.5. The van der Waals surface area contributed by atoms with Gasteiger partial charge in [0.2, 0.25) is 5.91 Å². The molecular formula is C96H98BrCl5N20O12. The normalized spacial score (nSPS) is 16.3. The molecule has 0 saturated carbocycles. The van der Waals surface area contributed by atoms with Crippen LogP contribution in [-0.2, 0) is 72.7 Å². The van der Waals surface area contributed by atoms with E-state index in [1.165, 1.54) is 34.5 Å². The Morgan fingerprint density at radius 2 is 0.888 bits per heavy atom. The summed E-state index contributed by atoms with van der Waals surface area (Å²) in [5, 5.41) is 10.4. The monoisotopic (exact) mass is 1980 g/mol. The summed E-state index contributed by atoms with van der Waals surface area (Å²) in [5.41, 5.74) is 22.6. The Bertz CT molecular complexity index is 6280. The molecule has 5 N–H and O–H groups in total. The van der Waals surface area contributed by atoms with Crippen molar-refractivity contribution in [3.63, 3.8) is 0 Å². The van der Waals surface area contributed by atoms with E-state index in [1.54, 1.807) is 56.8 Å². The predicted molar refractivity (Wildman–Crippen MR) is 511 cm³/mol. The van der Waals surface area contributed by atoms with Crippen molar-refractivity contribution in [2.24, 2.45) is 17.6 Å². The topological polar surface area (TPSA) is 387 Å². The first-order chi connectivity index (χ1) is 64.4. The number of imidazole rings is 3. The number of halogens is 6. The fourth-order valence-corrected chi connectivity index (χ4v) is 17.2. The zero-order chi connectivity index (χ0) is 93.9. The van der Waals surface area contributed by atoms with Crippen LogP contribution >= 0.6 is 74.7 Å².